The average molecular weight is 375 g/mol. The van der Waals surface area contributed by atoms with E-state index >= 15 is 0 Å². The van der Waals surface area contributed by atoms with Crippen LogP contribution in [0.2, 0.25) is 0 Å². The fourth-order valence-corrected chi connectivity index (χ4v) is 3.23. The van der Waals surface area contributed by atoms with Gasteiger partial charge in [0.15, 0.2) is 12.6 Å². The third-order valence-electron chi connectivity index (χ3n) is 3.73. The van der Waals surface area contributed by atoms with Crippen LogP contribution in [0.3, 0.4) is 0 Å². The number of hydrogen-bond acceptors (Lipinski definition) is 4. The highest BCUT2D eigenvalue weighted by Crippen LogP contribution is 2.16. The number of carbonyl (C=O) groups is 1. The van der Waals surface area contributed by atoms with Gasteiger partial charge in [0.2, 0.25) is 0 Å². The smallest absolute Gasteiger partial charge is 0.255 e. The van der Waals surface area contributed by atoms with Crippen molar-refractivity contribution in [3.63, 3.8) is 0 Å². The summed E-state index contributed by atoms with van der Waals surface area (Å²) in [6.07, 6.45) is 1.93. The zero-order valence-electron chi connectivity index (χ0n) is 15.2. The molecule has 1 amide bonds. The van der Waals surface area contributed by atoms with Crippen LogP contribution in [0, 0.1) is 0 Å². The number of thiophene rings is 1. The molecule has 0 aliphatic rings. The van der Waals surface area contributed by atoms with E-state index in [2.05, 4.69) is 34.7 Å². The Kier molecular flexibility index (Phi) is 7.95. The van der Waals surface area contributed by atoms with E-state index in [9.17, 15) is 4.79 Å². The van der Waals surface area contributed by atoms with Crippen LogP contribution in [0.4, 0.5) is 0 Å². The number of benzene rings is 1. The molecule has 0 bridgehead atoms. The molecule has 6 nitrogen and oxygen atoms in total. The minimum Gasteiger partial charge on any atom is -0.484 e. The van der Waals surface area contributed by atoms with Crippen LogP contribution >= 0.6 is 11.3 Å². The molecule has 2 aromatic rings. The number of ether oxygens (including phenoxy) is 1. The third-order valence-corrected chi connectivity index (χ3v) is 4.96. The summed E-state index contributed by atoms with van der Waals surface area (Å²) < 4.78 is 5.25. The molecule has 0 spiro atoms. The van der Waals surface area contributed by atoms with E-state index in [0.717, 1.165) is 31.9 Å². The number of amides is 1. The van der Waals surface area contributed by atoms with Gasteiger partial charge in [-0.25, -0.2) is 0 Å². The fraction of sp³-hybridized carbons (Fsp3) is 0.368. The highest BCUT2D eigenvalue weighted by atomic mass is 32.1. The monoisotopic (exact) mass is 374 g/mol. The zero-order chi connectivity index (χ0) is 18.8. The largest absolute Gasteiger partial charge is 0.484 e. The van der Waals surface area contributed by atoms with E-state index in [0.29, 0.717) is 5.75 Å². The van der Waals surface area contributed by atoms with Crippen LogP contribution < -0.4 is 21.1 Å². The highest BCUT2D eigenvalue weighted by molar-refractivity contribution is 7.11. The first-order chi connectivity index (χ1) is 12.6. The summed E-state index contributed by atoms with van der Waals surface area (Å²) in [5.41, 5.74) is 6.23. The van der Waals surface area contributed by atoms with Crippen LogP contribution in [0.25, 0.3) is 0 Å². The van der Waals surface area contributed by atoms with Gasteiger partial charge >= 0.3 is 0 Å². The van der Waals surface area contributed by atoms with Gasteiger partial charge in [-0.05, 0) is 42.7 Å². The van der Waals surface area contributed by atoms with Crippen LogP contribution in [0.15, 0.2) is 41.4 Å². The SMILES string of the molecule is CCc1ccc(CNC(=NC)NCCc2ccc(OCC(N)=O)cc2)s1. The lowest BCUT2D eigenvalue weighted by Crippen LogP contribution is -2.37. The standard InChI is InChI=1S/C19H26N4O2S/c1-3-16-8-9-17(26-16)12-23-19(21-2)22-11-10-14-4-6-15(7-5-14)25-13-18(20)24/h4-9H,3,10-13H2,1-2H3,(H2,20,24)(H2,21,22,23). The van der Waals surface area contributed by atoms with Crippen molar-refractivity contribution in [2.75, 3.05) is 20.2 Å². The molecule has 0 atom stereocenters. The molecular formula is C19H26N4O2S. The number of aryl methyl sites for hydroxylation is 1. The van der Waals surface area contributed by atoms with Crippen molar-refractivity contribution < 1.29 is 9.53 Å². The molecule has 0 saturated heterocycles. The van der Waals surface area contributed by atoms with E-state index in [4.69, 9.17) is 10.5 Å². The van der Waals surface area contributed by atoms with Crippen LogP contribution in [-0.2, 0) is 24.2 Å². The summed E-state index contributed by atoms with van der Waals surface area (Å²) in [4.78, 5) is 17.7. The predicted octanol–water partition coefficient (Wildman–Crippen LogP) is 2.08. The summed E-state index contributed by atoms with van der Waals surface area (Å²) in [5, 5.41) is 6.65. The van der Waals surface area contributed by atoms with Crippen molar-refractivity contribution in [1.29, 1.82) is 0 Å². The molecule has 0 radical (unpaired) electrons. The van der Waals surface area contributed by atoms with Gasteiger partial charge in [-0.1, -0.05) is 19.1 Å². The Balaban J connectivity index is 1.72. The molecule has 0 aliphatic heterocycles. The summed E-state index contributed by atoms with van der Waals surface area (Å²) in [6, 6.07) is 12.0. The number of nitrogens with zero attached hydrogens (tertiary/aromatic N) is 1. The molecule has 1 aromatic carbocycles. The summed E-state index contributed by atoms with van der Waals surface area (Å²) in [7, 11) is 1.77. The second kappa shape index (κ2) is 10.5. The Hall–Kier alpha value is -2.54. The van der Waals surface area contributed by atoms with Gasteiger partial charge in [-0.15, -0.1) is 11.3 Å². The van der Waals surface area contributed by atoms with Crippen LogP contribution in [-0.4, -0.2) is 32.1 Å². The summed E-state index contributed by atoms with van der Waals surface area (Å²) in [6.45, 7) is 3.61. The minimum atomic E-state index is -0.481. The first-order valence-corrected chi connectivity index (χ1v) is 9.44. The first-order valence-electron chi connectivity index (χ1n) is 8.63. The molecule has 26 heavy (non-hydrogen) atoms. The Morgan fingerprint density at radius 3 is 2.50 bits per heavy atom. The predicted molar refractivity (Wildman–Crippen MR) is 107 cm³/mol. The van der Waals surface area contributed by atoms with E-state index in [1.165, 1.54) is 15.3 Å². The van der Waals surface area contributed by atoms with E-state index in [1.54, 1.807) is 7.05 Å². The van der Waals surface area contributed by atoms with Gasteiger partial charge in [0.1, 0.15) is 5.75 Å². The number of carbonyl (C=O) groups excluding carboxylic acids is 1. The van der Waals surface area contributed by atoms with E-state index in [-0.39, 0.29) is 6.61 Å². The Labute approximate surface area is 158 Å². The van der Waals surface area contributed by atoms with E-state index < -0.39 is 5.91 Å². The lowest BCUT2D eigenvalue weighted by molar-refractivity contribution is -0.119. The van der Waals surface area contributed by atoms with E-state index in [1.807, 2.05) is 35.6 Å². The lowest BCUT2D eigenvalue weighted by atomic mass is 10.1. The summed E-state index contributed by atoms with van der Waals surface area (Å²) >= 11 is 1.83. The van der Waals surface area contributed by atoms with Crippen molar-refractivity contribution in [1.82, 2.24) is 10.6 Å². The minimum absolute atomic E-state index is 0.104. The number of rotatable bonds is 9. The van der Waals surface area contributed by atoms with Gasteiger partial charge in [-0.3, -0.25) is 9.79 Å². The molecule has 7 heteroatoms. The molecule has 1 aromatic heterocycles. The zero-order valence-corrected chi connectivity index (χ0v) is 16.1. The Morgan fingerprint density at radius 1 is 1.15 bits per heavy atom. The molecule has 0 unspecified atom stereocenters. The fourth-order valence-electron chi connectivity index (χ4n) is 2.33. The topological polar surface area (TPSA) is 88.7 Å². The number of hydrogen-bond donors (Lipinski definition) is 3. The molecular weight excluding hydrogens is 348 g/mol. The average Bonchev–Trinajstić information content (AvgIpc) is 3.12. The van der Waals surface area contributed by atoms with Gasteiger partial charge in [0.05, 0.1) is 6.54 Å². The van der Waals surface area contributed by atoms with Crippen molar-refractivity contribution in [2.24, 2.45) is 10.7 Å². The van der Waals surface area contributed by atoms with Crippen molar-refractivity contribution in [3.05, 3.63) is 51.7 Å². The van der Waals surface area contributed by atoms with Crippen molar-refractivity contribution in [2.45, 2.75) is 26.3 Å². The number of nitrogens with two attached hydrogens (primary N) is 1. The lowest BCUT2D eigenvalue weighted by Gasteiger charge is -2.11. The van der Waals surface area contributed by atoms with Crippen LogP contribution in [0.1, 0.15) is 22.2 Å². The first kappa shape index (κ1) is 19.8. The molecule has 0 fully saturated rings. The highest BCUT2D eigenvalue weighted by Gasteiger charge is 2.02. The molecule has 4 N–H and O–H groups in total. The van der Waals surface area contributed by atoms with Gasteiger partial charge in [0.25, 0.3) is 5.91 Å². The second-order valence-electron chi connectivity index (χ2n) is 5.72. The quantitative estimate of drug-likeness (QED) is 0.463. The molecule has 0 aliphatic carbocycles. The summed E-state index contributed by atoms with van der Waals surface area (Å²) in [5.74, 6) is 0.948. The van der Waals surface area contributed by atoms with Gasteiger partial charge in [-0.2, -0.15) is 0 Å². The van der Waals surface area contributed by atoms with Crippen molar-refractivity contribution >= 4 is 23.2 Å². The number of primary amides is 1. The molecule has 0 saturated carbocycles. The normalized spacial score (nSPS) is 11.2. The van der Waals surface area contributed by atoms with Crippen LogP contribution in [0.5, 0.6) is 5.75 Å². The maximum atomic E-state index is 10.7. The number of aliphatic imine (C=N–C) groups is 1. The maximum Gasteiger partial charge on any atom is 0.255 e. The van der Waals surface area contributed by atoms with Gasteiger partial charge < -0.3 is 21.1 Å². The molecule has 140 valence electrons. The van der Waals surface area contributed by atoms with Crippen molar-refractivity contribution in [3.8, 4) is 5.75 Å². The second-order valence-corrected chi connectivity index (χ2v) is 6.98. The third kappa shape index (κ3) is 6.76. The molecule has 2 rings (SSSR count). The maximum absolute atomic E-state index is 10.7. The molecule has 1 heterocycles. The Morgan fingerprint density at radius 2 is 1.88 bits per heavy atom. The Bertz CT molecular complexity index is 725. The number of nitrogens with one attached hydrogen (secondary N) is 2. The van der Waals surface area contributed by atoms with Gasteiger partial charge in [0, 0.05) is 23.3 Å². The number of guanidine groups is 1.